The van der Waals surface area contributed by atoms with E-state index in [1.165, 1.54) is 15.8 Å². The molecule has 7 nitrogen and oxygen atoms in total. The molecule has 0 bridgehead atoms. The molecule has 1 aromatic heterocycles. The molecule has 34 heavy (non-hydrogen) atoms. The Balaban J connectivity index is 1.53. The Hall–Kier alpha value is -3.60. The number of fused-ring (bicyclic) bond motifs is 1. The number of hydrogen-bond acceptors (Lipinski definition) is 5. The number of carbonyl (C=O) groups excluding carboxylic acids is 2. The number of alkyl halides is 4. The molecule has 0 radical (unpaired) electrons. The first-order chi connectivity index (χ1) is 16.2. The minimum atomic E-state index is -4.73. The number of nitrogens with zero attached hydrogens (tertiary/aromatic N) is 4. The van der Waals surface area contributed by atoms with E-state index in [0.717, 1.165) is 12.1 Å². The highest BCUT2D eigenvalue weighted by atomic mass is 19.4. The van der Waals surface area contributed by atoms with Crippen molar-refractivity contribution < 1.29 is 31.9 Å². The van der Waals surface area contributed by atoms with Crippen molar-refractivity contribution >= 4 is 17.9 Å². The van der Waals surface area contributed by atoms with Crippen LogP contribution in [-0.2, 0) is 29.9 Å². The van der Waals surface area contributed by atoms with E-state index >= 15 is 4.39 Å². The fourth-order valence-corrected chi connectivity index (χ4v) is 4.49. The number of rotatable bonds is 5. The fourth-order valence-electron chi connectivity index (χ4n) is 4.49. The number of amides is 1. The lowest BCUT2D eigenvalue weighted by Gasteiger charge is -2.43. The third-order valence-corrected chi connectivity index (χ3v) is 6.42. The molecule has 176 valence electrons. The fraction of sp³-hybridized carbons (Fsp3) is 0.304. The molecule has 0 aliphatic carbocycles. The lowest BCUT2D eigenvalue weighted by molar-refractivity contribution is -0.138. The van der Waals surface area contributed by atoms with Crippen molar-refractivity contribution in [3.05, 3.63) is 76.4 Å². The molecule has 3 aromatic rings. The summed E-state index contributed by atoms with van der Waals surface area (Å²) in [6.45, 7) is -0.184. The van der Waals surface area contributed by atoms with Gasteiger partial charge in [-0.25, -0.2) is 4.39 Å². The third-order valence-electron chi connectivity index (χ3n) is 6.42. The second-order valence-electron chi connectivity index (χ2n) is 8.46. The average Bonchev–Trinajstić information content (AvgIpc) is 3.35. The Morgan fingerprint density at radius 2 is 1.97 bits per heavy atom. The van der Waals surface area contributed by atoms with Crippen LogP contribution in [0.5, 0.6) is 0 Å². The van der Waals surface area contributed by atoms with Gasteiger partial charge in [0.1, 0.15) is 12.6 Å². The van der Waals surface area contributed by atoms with Gasteiger partial charge < -0.3 is 14.2 Å². The van der Waals surface area contributed by atoms with Gasteiger partial charge in [0.05, 0.1) is 30.7 Å². The Kier molecular flexibility index (Phi) is 5.05. The van der Waals surface area contributed by atoms with Crippen molar-refractivity contribution in [2.24, 2.45) is 7.05 Å². The Bertz CT molecular complexity index is 1300. The molecule has 2 aliphatic heterocycles. The van der Waals surface area contributed by atoms with Gasteiger partial charge in [0, 0.05) is 23.9 Å². The van der Waals surface area contributed by atoms with Gasteiger partial charge in [-0.05, 0) is 35.4 Å². The molecular weight excluding hydrogens is 456 g/mol. The van der Waals surface area contributed by atoms with Gasteiger partial charge in [-0.15, -0.1) is 10.2 Å². The van der Waals surface area contributed by atoms with Crippen LogP contribution in [0, 0.1) is 0 Å². The van der Waals surface area contributed by atoms with Crippen molar-refractivity contribution in [2.75, 3.05) is 18.1 Å². The second kappa shape index (κ2) is 7.73. The van der Waals surface area contributed by atoms with E-state index in [0.29, 0.717) is 11.3 Å². The zero-order valence-corrected chi connectivity index (χ0v) is 17.8. The summed E-state index contributed by atoms with van der Waals surface area (Å²) in [6.07, 6.45) is -4.62. The molecule has 3 heterocycles. The van der Waals surface area contributed by atoms with Crippen LogP contribution in [0.2, 0.25) is 0 Å². The van der Waals surface area contributed by atoms with Crippen molar-refractivity contribution in [3.63, 3.8) is 0 Å². The first kappa shape index (κ1) is 22.2. The minimum absolute atomic E-state index is 0.0690. The summed E-state index contributed by atoms with van der Waals surface area (Å²) >= 11 is 0. The van der Waals surface area contributed by atoms with E-state index in [9.17, 15) is 22.8 Å². The molecule has 1 atom stereocenters. The van der Waals surface area contributed by atoms with Crippen LogP contribution in [0.4, 0.5) is 23.2 Å². The summed E-state index contributed by atoms with van der Waals surface area (Å²) in [5.41, 5.74) is -1.85. The van der Waals surface area contributed by atoms with Gasteiger partial charge >= 0.3 is 6.18 Å². The number of ether oxygens (including phenoxy) is 1. The highest BCUT2D eigenvalue weighted by Gasteiger charge is 2.51. The maximum Gasteiger partial charge on any atom is 0.416 e. The van der Waals surface area contributed by atoms with Crippen LogP contribution in [0.1, 0.15) is 49.4 Å². The van der Waals surface area contributed by atoms with Gasteiger partial charge in [0.2, 0.25) is 0 Å². The van der Waals surface area contributed by atoms with Crippen LogP contribution < -0.4 is 4.90 Å². The number of halogens is 4. The monoisotopic (exact) mass is 474 g/mol. The number of aryl methyl sites for hydroxylation is 1. The topological polar surface area (TPSA) is 77.3 Å². The summed E-state index contributed by atoms with van der Waals surface area (Å²) in [4.78, 5) is 25.4. The summed E-state index contributed by atoms with van der Waals surface area (Å²) in [6, 6.07) is 8.37. The molecule has 2 aliphatic rings. The van der Waals surface area contributed by atoms with E-state index in [1.54, 1.807) is 31.3 Å². The van der Waals surface area contributed by atoms with E-state index in [-0.39, 0.29) is 48.6 Å². The first-order valence-electron chi connectivity index (χ1n) is 10.3. The molecule has 0 N–H and O–H groups in total. The molecule has 11 heteroatoms. The van der Waals surface area contributed by atoms with Crippen LogP contribution in [0.15, 0.2) is 42.7 Å². The van der Waals surface area contributed by atoms with Gasteiger partial charge in [-0.3, -0.25) is 9.59 Å². The van der Waals surface area contributed by atoms with E-state index < -0.39 is 29.2 Å². The number of hydrogen-bond donors (Lipinski definition) is 0. The lowest BCUT2D eigenvalue weighted by atomic mass is 9.74. The number of aromatic nitrogens is 3. The molecule has 0 saturated carbocycles. The maximum atomic E-state index is 15.6. The Labute approximate surface area is 191 Å². The van der Waals surface area contributed by atoms with Crippen molar-refractivity contribution in [1.82, 2.24) is 14.8 Å². The largest absolute Gasteiger partial charge is 0.416 e. The van der Waals surface area contributed by atoms with E-state index in [1.807, 2.05) is 0 Å². The second-order valence-corrected chi connectivity index (χ2v) is 8.46. The van der Waals surface area contributed by atoms with Crippen LogP contribution in [0.25, 0.3) is 0 Å². The number of aldehydes is 1. The van der Waals surface area contributed by atoms with Gasteiger partial charge in [-0.2, -0.15) is 13.2 Å². The summed E-state index contributed by atoms with van der Waals surface area (Å²) in [7, 11) is 1.62. The Morgan fingerprint density at radius 3 is 2.56 bits per heavy atom. The van der Waals surface area contributed by atoms with Crippen LogP contribution >= 0.6 is 0 Å². The zero-order chi connectivity index (χ0) is 24.3. The molecule has 1 amide bonds. The summed E-state index contributed by atoms with van der Waals surface area (Å²) < 4.78 is 63.3. The van der Waals surface area contributed by atoms with Gasteiger partial charge in [0.25, 0.3) is 5.91 Å². The highest BCUT2D eigenvalue weighted by molar-refractivity contribution is 6.11. The predicted octanol–water partition coefficient (Wildman–Crippen LogP) is 3.79. The normalized spacial score (nSPS) is 17.9. The lowest BCUT2D eigenvalue weighted by Crippen LogP contribution is -2.50. The molecule has 1 unspecified atom stereocenters. The summed E-state index contributed by atoms with van der Waals surface area (Å²) in [5, 5.41) is 7.59. The van der Waals surface area contributed by atoms with Crippen LogP contribution in [0.3, 0.4) is 0 Å². The molecule has 0 spiro atoms. The van der Waals surface area contributed by atoms with Gasteiger partial charge in [-0.1, -0.05) is 12.1 Å². The first-order valence-corrected chi connectivity index (χ1v) is 10.3. The third kappa shape index (κ3) is 3.30. The van der Waals surface area contributed by atoms with Gasteiger partial charge in [0.15, 0.2) is 12.0 Å². The number of benzene rings is 2. The maximum absolute atomic E-state index is 15.6. The quantitative estimate of drug-likeness (QED) is 0.416. The molecule has 5 rings (SSSR count). The smallest absolute Gasteiger partial charge is 0.379 e. The van der Waals surface area contributed by atoms with Crippen molar-refractivity contribution in [1.29, 1.82) is 0 Å². The highest BCUT2D eigenvalue weighted by Crippen LogP contribution is 2.46. The van der Waals surface area contributed by atoms with E-state index in [4.69, 9.17) is 4.74 Å². The van der Waals surface area contributed by atoms with Crippen LogP contribution in [-0.4, -0.2) is 40.2 Å². The summed E-state index contributed by atoms with van der Waals surface area (Å²) in [5.74, 6) is -0.542. The zero-order valence-electron chi connectivity index (χ0n) is 17.8. The molecule has 1 fully saturated rings. The SMILES string of the molecule is Cn1cnnc1C(F)C1(c2cccc(N3Cc4c(cc(C=O)cc4C(F)(F)F)C3=O)c2)COC1. The molecule has 1 saturated heterocycles. The molecular formula is C23H18F4N4O3. The Morgan fingerprint density at radius 1 is 1.21 bits per heavy atom. The predicted molar refractivity (Wildman–Crippen MR) is 111 cm³/mol. The standard InChI is InChI=1S/C23H18F4N4O3/c1-30-12-28-29-20(30)19(24)22(10-34-11-22)14-3-2-4-15(7-14)31-8-17-16(21(31)33)5-13(9-32)6-18(17)23(25,26)27/h2-7,9,12,19H,8,10-11H2,1H3. The average molecular weight is 474 g/mol. The van der Waals surface area contributed by atoms with Crippen molar-refractivity contribution in [3.8, 4) is 0 Å². The number of carbonyl (C=O) groups is 2. The van der Waals surface area contributed by atoms with E-state index in [2.05, 4.69) is 10.2 Å². The molecule has 2 aromatic carbocycles. The number of anilines is 1. The van der Waals surface area contributed by atoms with Crippen molar-refractivity contribution in [2.45, 2.75) is 24.3 Å². The minimum Gasteiger partial charge on any atom is -0.379 e.